The van der Waals surface area contributed by atoms with E-state index in [1.807, 2.05) is 18.6 Å². The van der Waals surface area contributed by atoms with Crippen LogP contribution >= 0.6 is 11.6 Å². The van der Waals surface area contributed by atoms with Gasteiger partial charge in [0.15, 0.2) is 0 Å². The molecule has 2 nitrogen and oxygen atoms in total. The fourth-order valence-corrected chi connectivity index (χ4v) is 3.51. The molecular weight excluding hydrogens is 282 g/mol. The van der Waals surface area contributed by atoms with Crippen LogP contribution in [0.1, 0.15) is 65.2 Å². The molecule has 0 aromatic rings. The highest BCUT2D eigenvalue weighted by Gasteiger charge is 2.39. The maximum absolute atomic E-state index is 12.9. The molecule has 0 bridgehead atoms. The second-order valence-electron chi connectivity index (χ2n) is 6.86. The van der Waals surface area contributed by atoms with E-state index in [-0.39, 0.29) is 11.3 Å². The van der Waals surface area contributed by atoms with E-state index >= 15 is 0 Å². The Labute approximate surface area is 134 Å². The number of amides is 1. The first-order valence-electron chi connectivity index (χ1n) is 8.24. The van der Waals surface area contributed by atoms with Gasteiger partial charge in [-0.15, -0.1) is 0 Å². The summed E-state index contributed by atoms with van der Waals surface area (Å²) in [5.41, 5.74) is 0.701. The Balaban J connectivity index is 2.05. The van der Waals surface area contributed by atoms with E-state index in [9.17, 15) is 4.79 Å². The molecule has 1 fully saturated rings. The van der Waals surface area contributed by atoms with Gasteiger partial charge in [0.1, 0.15) is 0 Å². The highest BCUT2D eigenvalue weighted by Crippen LogP contribution is 2.41. The Bertz CT molecular complexity index is 430. The summed E-state index contributed by atoms with van der Waals surface area (Å²) < 4.78 is 0. The summed E-state index contributed by atoms with van der Waals surface area (Å²) in [5.74, 6) is 0.853. The van der Waals surface area contributed by atoms with Crippen molar-refractivity contribution in [3.8, 4) is 0 Å². The molecule has 0 aromatic heterocycles. The first kappa shape index (κ1) is 16.6. The average Bonchev–Trinajstić information content (AvgIpc) is 2.46. The number of hydrogen-bond acceptors (Lipinski definition) is 1. The summed E-state index contributed by atoms with van der Waals surface area (Å²) in [4.78, 5) is 12.9. The topological polar surface area (TPSA) is 29.1 Å². The van der Waals surface area contributed by atoms with Gasteiger partial charge < -0.3 is 5.32 Å². The lowest BCUT2D eigenvalue weighted by Gasteiger charge is -2.37. The monoisotopic (exact) mass is 308 g/mol. The molecule has 0 spiro atoms. The Kier molecular flexibility index (Phi) is 5.92. The zero-order valence-corrected chi connectivity index (χ0v) is 14.0. The zero-order chi connectivity index (χ0) is 15.3. The van der Waals surface area contributed by atoms with E-state index < -0.39 is 0 Å². The molecular formula is C18H27ClNO. The quantitative estimate of drug-likeness (QED) is 0.752. The summed E-state index contributed by atoms with van der Waals surface area (Å²) in [5, 5.41) is 3.84. The lowest BCUT2D eigenvalue weighted by Crippen LogP contribution is -2.42. The van der Waals surface area contributed by atoms with E-state index in [1.54, 1.807) is 0 Å². The van der Waals surface area contributed by atoms with E-state index in [0.29, 0.717) is 11.0 Å². The number of carbonyl (C=O) groups is 1. The van der Waals surface area contributed by atoms with Crippen molar-refractivity contribution in [3.05, 3.63) is 29.3 Å². The van der Waals surface area contributed by atoms with Crippen LogP contribution in [0.3, 0.4) is 0 Å². The average molecular weight is 309 g/mol. The molecule has 2 aliphatic rings. The normalized spacial score (nSPS) is 21.7. The maximum atomic E-state index is 12.9. The third-order valence-corrected chi connectivity index (χ3v) is 4.96. The molecule has 0 unspecified atom stereocenters. The molecule has 0 saturated heterocycles. The molecule has 0 aliphatic heterocycles. The Morgan fingerprint density at radius 3 is 2.67 bits per heavy atom. The predicted molar refractivity (Wildman–Crippen MR) is 88.7 cm³/mol. The Hall–Kier alpha value is -0.760. The van der Waals surface area contributed by atoms with Crippen LogP contribution in [0.15, 0.2) is 22.9 Å². The van der Waals surface area contributed by atoms with Crippen LogP contribution in [-0.4, -0.2) is 5.91 Å². The molecule has 1 saturated carbocycles. The van der Waals surface area contributed by atoms with Crippen molar-refractivity contribution in [2.45, 2.75) is 65.2 Å². The number of hydrogen-bond donors (Lipinski definition) is 1. The van der Waals surface area contributed by atoms with Crippen molar-refractivity contribution >= 4 is 17.5 Å². The molecule has 0 atom stereocenters. The highest BCUT2D eigenvalue weighted by atomic mass is 35.5. The van der Waals surface area contributed by atoms with E-state index in [1.165, 1.54) is 19.3 Å². The molecule has 21 heavy (non-hydrogen) atoms. The SMILES string of the molecule is CC(C)CCC1(C(=O)NC2=CC(Cl)=CC[CH]2)CCCCC1. The summed E-state index contributed by atoms with van der Waals surface area (Å²) >= 11 is 6.03. The van der Waals surface area contributed by atoms with Crippen LogP contribution in [0, 0.1) is 17.8 Å². The van der Waals surface area contributed by atoms with Gasteiger partial charge in [0.25, 0.3) is 0 Å². The number of rotatable bonds is 5. The van der Waals surface area contributed by atoms with Gasteiger partial charge in [-0.25, -0.2) is 0 Å². The van der Waals surface area contributed by atoms with Gasteiger partial charge in [0.2, 0.25) is 5.91 Å². The van der Waals surface area contributed by atoms with Gasteiger partial charge in [-0.3, -0.25) is 4.79 Å². The summed E-state index contributed by atoms with van der Waals surface area (Å²) in [6.07, 6.45) is 14.4. The molecule has 0 heterocycles. The molecule has 117 valence electrons. The largest absolute Gasteiger partial charge is 0.329 e. The van der Waals surface area contributed by atoms with Gasteiger partial charge in [-0.1, -0.05) is 50.8 Å². The third-order valence-electron chi connectivity index (χ3n) is 4.69. The van der Waals surface area contributed by atoms with Crippen molar-refractivity contribution < 1.29 is 4.79 Å². The smallest absolute Gasteiger partial charge is 0.230 e. The molecule has 2 rings (SSSR count). The molecule has 0 aromatic carbocycles. The number of nitrogens with one attached hydrogen (secondary N) is 1. The summed E-state index contributed by atoms with van der Waals surface area (Å²) in [6.45, 7) is 4.47. The van der Waals surface area contributed by atoms with E-state index in [0.717, 1.165) is 37.8 Å². The maximum Gasteiger partial charge on any atom is 0.230 e. The number of carbonyl (C=O) groups excluding carboxylic acids is 1. The first-order chi connectivity index (χ1) is 10.0. The van der Waals surface area contributed by atoms with Crippen LogP contribution in [0.5, 0.6) is 0 Å². The Morgan fingerprint density at radius 1 is 1.33 bits per heavy atom. The number of allylic oxidation sites excluding steroid dienone is 4. The van der Waals surface area contributed by atoms with Crippen molar-refractivity contribution in [3.63, 3.8) is 0 Å². The van der Waals surface area contributed by atoms with Crippen molar-refractivity contribution in [2.75, 3.05) is 0 Å². The van der Waals surface area contributed by atoms with Gasteiger partial charge in [-0.2, -0.15) is 0 Å². The van der Waals surface area contributed by atoms with Crippen molar-refractivity contribution in [2.24, 2.45) is 11.3 Å². The Morgan fingerprint density at radius 2 is 2.05 bits per heavy atom. The van der Waals surface area contributed by atoms with Gasteiger partial charge in [0, 0.05) is 22.6 Å². The minimum atomic E-state index is -0.162. The van der Waals surface area contributed by atoms with Gasteiger partial charge in [0.05, 0.1) is 0 Å². The fourth-order valence-electron chi connectivity index (χ4n) is 3.30. The standard InChI is InChI=1S/C18H27ClNO/c1-14(2)9-12-18(10-4-3-5-11-18)17(21)20-16-8-6-7-15(19)13-16/h7-8,13-14H,3-6,9-12H2,1-2H3,(H,20,21). The molecule has 3 heteroatoms. The molecule has 1 radical (unpaired) electrons. The van der Waals surface area contributed by atoms with E-state index in [4.69, 9.17) is 11.6 Å². The van der Waals surface area contributed by atoms with Crippen LogP contribution in [0.2, 0.25) is 0 Å². The molecule has 1 amide bonds. The van der Waals surface area contributed by atoms with Crippen LogP contribution < -0.4 is 5.32 Å². The van der Waals surface area contributed by atoms with Crippen LogP contribution in [0.25, 0.3) is 0 Å². The second kappa shape index (κ2) is 7.49. The minimum Gasteiger partial charge on any atom is -0.329 e. The lowest BCUT2D eigenvalue weighted by atomic mass is 9.69. The molecule has 1 N–H and O–H groups in total. The fraction of sp³-hybridized carbons (Fsp3) is 0.667. The zero-order valence-electron chi connectivity index (χ0n) is 13.3. The third kappa shape index (κ3) is 4.60. The van der Waals surface area contributed by atoms with Crippen molar-refractivity contribution in [1.82, 2.24) is 5.32 Å². The predicted octanol–water partition coefficient (Wildman–Crippen LogP) is 5.10. The van der Waals surface area contributed by atoms with Gasteiger partial charge in [-0.05, 0) is 44.1 Å². The van der Waals surface area contributed by atoms with Gasteiger partial charge >= 0.3 is 0 Å². The molecule has 2 aliphatic carbocycles. The first-order valence-corrected chi connectivity index (χ1v) is 8.62. The highest BCUT2D eigenvalue weighted by molar-refractivity contribution is 6.31. The second-order valence-corrected chi connectivity index (χ2v) is 7.29. The van der Waals surface area contributed by atoms with Crippen LogP contribution in [0.4, 0.5) is 0 Å². The van der Waals surface area contributed by atoms with E-state index in [2.05, 4.69) is 19.2 Å². The summed E-state index contributed by atoms with van der Waals surface area (Å²) in [7, 11) is 0. The number of halogens is 1. The van der Waals surface area contributed by atoms with Crippen molar-refractivity contribution in [1.29, 1.82) is 0 Å². The van der Waals surface area contributed by atoms with Crippen LogP contribution in [-0.2, 0) is 4.79 Å². The lowest BCUT2D eigenvalue weighted by molar-refractivity contribution is -0.132. The summed E-state index contributed by atoms with van der Waals surface area (Å²) in [6, 6.07) is 0. The minimum absolute atomic E-state index is 0.162.